The van der Waals surface area contributed by atoms with E-state index in [1.807, 2.05) is 12.1 Å². The lowest BCUT2D eigenvalue weighted by atomic mass is 10.1. The smallest absolute Gasteiger partial charge is 0.240 e. The van der Waals surface area contributed by atoms with Gasteiger partial charge in [-0.15, -0.1) is 0 Å². The number of sulfonamides is 1. The number of rotatable bonds is 8. The molecule has 0 amide bonds. The van der Waals surface area contributed by atoms with Crippen LogP contribution in [0.5, 0.6) is 0 Å². The van der Waals surface area contributed by atoms with Gasteiger partial charge in [0.05, 0.1) is 4.90 Å². The molecule has 1 heterocycles. The molecule has 5 heteroatoms. The van der Waals surface area contributed by atoms with Gasteiger partial charge >= 0.3 is 0 Å². The summed E-state index contributed by atoms with van der Waals surface area (Å²) < 4.78 is 27.2. The van der Waals surface area contributed by atoms with Crippen molar-refractivity contribution < 1.29 is 8.42 Å². The van der Waals surface area contributed by atoms with Crippen molar-refractivity contribution in [1.29, 1.82) is 0 Å². The topological polar surface area (TPSA) is 49.4 Å². The van der Waals surface area contributed by atoms with Gasteiger partial charge in [0.25, 0.3) is 0 Å². The standard InChI is InChI=1S/C17H28N2O2S/c1-2-7-16-8-10-17(11-9-16)22(20,21)18-12-6-15-19-13-4-3-5-14-19/h8-11,18H,2-7,12-15H2,1H3. The molecule has 0 saturated carbocycles. The highest BCUT2D eigenvalue weighted by Crippen LogP contribution is 2.12. The van der Waals surface area contributed by atoms with Gasteiger partial charge in [-0.3, -0.25) is 0 Å². The summed E-state index contributed by atoms with van der Waals surface area (Å²) in [5.74, 6) is 0. The number of benzene rings is 1. The van der Waals surface area contributed by atoms with E-state index in [4.69, 9.17) is 0 Å². The fraction of sp³-hybridized carbons (Fsp3) is 0.647. The minimum absolute atomic E-state index is 0.366. The normalized spacial score (nSPS) is 16.8. The zero-order valence-electron chi connectivity index (χ0n) is 13.6. The Morgan fingerprint density at radius 2 is 1.77 bits per heavy atom. The lowest BCUT2D eigenvalue weighted by Gasteiger charge is -2.26. The second kappa shape index (κ2) is 8.65. The maximum Gasteiger partial charge on any atom is 0.240 e. The van der Waals surface area contributed by atoms with E-state index in [1.165, 1.54) is 24.8 Å². The van der Waals surface area contributed by atoms with Crippen LogP contribution in [-0.2, 0) is 16.4 Å². The Morgan fingerprint density at radius 3 is 2.41 bits per heavy atom. The molecular formula is C17H28N2O2S. The van der Waals surface area contributed by atoms with Gasteiger partial charge in [0.2, 0.25) is 10.0 Å². The van der Waals surface area contributed by atoms with Gasteiger partial charge in [0, 0.05) is 6.54 Å². The van der Waals surface area contributed by atoms with Crippen molar-refractivity contribution in [1.82, 2.24) is 9.62 Å². The van der Waals surface area contributed by atoms with Gasteiger partial charge in [0.1, 0.15) is 0 Å². The lowest BCUT2D eigenvalue weighted by molar-refractivity contribution is 0.227. The molecule has 1 aliphatic rings. The van der Waals surface area contributed by atoms with Gasteiger partial charge in [-0.2, -0.15) is 0 Å². The van der Waals surface area contributed by atoms with E-state index in [1.54, 1.807) is 12.1 Å². The first-order valence-corrected chi connectivity index (χ1v) is 9.91. The fourth-order valence-corrected chi connectivity index (χ4v) is 3.97. The van der Waals surface area contributed by atoms with Crippen LogP contribution >= 0.6 is 0 Å². The predicted octanol–water partition coefficient (Wildman–Crippen LogP) is 2.79. The number of nitrogens with zero attached hydrogens (tertiary/aromatic N) is 1. The van der Waals surface area contributed by atoms with E-state index >= 15 is 0 Å². The molecule has 2 rings (SSSR count). The molecule has 1 aromatic rings. The van der Waals surface area contributed by atoms with Crippen molar-refractivity contribution in [2.75, 3.05) is 26.2 Å². The van der Waals surface area contributed by atoms with Crippen molar-refractivity contribution in [3.63, 3.8) is 0 Å². The minimum atomic E-state index is -3.36. The van der Waals surface area contributed by atoms with E-state index in [0.29, 0.717) is 11.4 Å². The van der Waals surface area contributed by atoms with E-state index < -0.39 is 10.0 Å². The zero-order chi connectivity index (χ0) is 15.8. The zero-order valence-corrected chi connectivity index (χ0v) is 14.4. The summed E-state index contributed by atoms with van der Waals surface area (Å²) in [6, 6.07) is 7.23. The summed E-state index contributed by atoms with van der Waals surface area (Å²) in [4.78, 5) is 2.79. The Balaban J connectivity index is 1.77. The summed E-state index contributed by atoms with van der Waals surface area (Å²) in [6.45, 7) is 5.93. The average Bonchev–Trinajstić information content (AvgIpc) is 2.53. The number of likely N-dealkylation sites (tertiary alicyclic amines) is 1. The van der Waals surface area contributed by atoms with E-state index in [9.17, 15) is 8.42 Å². The minimum Gasteiger partial charge on any atom is -0.303 e. The van der Waals surface area contributed by atoms with Crippen molar-refractivity contribution in [2.24, 2.45) is 0 Å². The molecule has 124 valence electrons. The maximum absolute atomic E-state index is 12.2. The van der Waals surface area contributed by atoms with Gasteiger partial charge in [-0.1, -0.05) is 31.9 Å². The highest BCUT2D eigenvalue weighted by Gasteiger charge is 2.14. The Bertz CT molecular complexity index is 534. The molecule has 0 spiro atoms. The second-order valence-corrected chi connectivity index (χ2v) is 7.81. The summed E-state index contributed by atoms with van der Waals surface area (Å²) >= 11 is 0. The molecule has 0 bridgehead atoms. The Morgan fingerprint density at radius 1 is 1.09 bits per heavy atom. The Hall–Kier alpha value is -0.910. The number of hydrogen-bond donors (Lipinski definition) is 1. The van der Waals surface area contributed by atoms with Gasteiger partial charge in [0.15, 0.2) is 0 Å². The quantitative estimate of drug-likeness (QED) is 0.748. The van der Waals surface area contributed by atoms with Crippen LogP contribution in [0.25, 0.3) is 0 Å². The van der Waals surface area contributed by atoms with Crippen LogP contribution in [0.3, 0.4) is 0 Å². The molecule has 1 N–H and O–H groups in total. The highest BCUT2D eigenvalue weighted by molar-refractivity contribution is 7.89. The van der Waals surface area contributed by atoms with Crippen LogP contribution in [0, 0.1) is 0 Å². The van der Waals surface area contributed by atoms with Crippen LogP contribution in [0.15, 0.2) is 29.2 Å². The molecule has 1 fully saturated rings. The summed E-state index contributed by atoms with van der Waals surface area (Å²) in [5.41, 5.74) is 1.19. The first-order chi connectivity index (χ1) is 10.6. The summed E-state index contributed by atoms with van der Waals surface area (Å²) in [7, 11) is -3.36. The van der Waals surface area contributed by atoms with Crippen molar-refractivity contribution in [3.8, 4) is 0 Å². The van der Waals surface area contributed by atoms with Crippen LogP contribution in [0.1, 0.15) is 44.6 Å². The maximum atomic E-state index is 12.2. The van der Waals surface area contributed by atoms with Crippen LogP contribution in [-0.4, -0.2) is 39.5 Å². The third kappa shape index (κ3) is 5.38. The summed E-state index contributed by atoms with van der Waals surface area (Å²) in [5, 5.41) is 0. The lowest BCUT2D eigenvalue weighted by Crippen LogP contribution is -2.33. The largest absolute Gasteiger partial charge is 0.303 e. The molecule has 1 aromatic carbocycles. The fourth-order valence-electron chi connectivity index (χ4n) is 2.90. The van der Waals surface area contributed by atoms with Crippen LogP contribution in [0.4, 0.5) is 0 Å². The monoisotopic (exact) mass is 324 g/mol. The first kappa shape index (κ1) is 17.4. The SMILES string of the molecule is CCCc1ccc(S(=O)(=O)NCCCN2CCCCC2)cc1. The average molecular weight is 324 g/mol. The summed E-state index contributed by atoms with van der Waals surface area (Å²) in [6.07, 6.45) is 6.81. The van der Waals surface area contributed by atoms with Crippen molar-refractivity contribution >= 4 is 10.0 Å². The van der Waals surface area contributed by atoms with Gasteiger partial charge in [-0.05, 0) is 63.0 Å². The second-order valence-electron chi connectivity index (χ2n) is 6.05. The van der Waals surface area contributed by atoms with E-state index in [-0.39, 0.29) is 0 Å². The van der Waals surface area contributed by atoms with Crippen LogP contribution in [0.2, 0.25) is 0 Å². The van der Waals surface area contributed by atoms with Crippen molar-refractivity contribution in [3.05, 3.63) is 29.8 Å². The molecule has 0 aromatic heterocycles. The predicted molar refractivity (Wildman–Crippen MR) is 90.5 cm³/mol. The number of aryl methyl sites for hydroxylation is 1. The first-order valence-electron chi connectivity index (χ1n) is 8.43. The Kier molecular flexibility index (Phi) is 6.86. The third-order valence-corrected chi connectivity index (χ3v) is 5.64. The van der Waals surface area contributed by atoms with Gasteiger partial charge < -0.3 is 4.90 Å². The van der Waals surface area contributed by atoms with Crippen molar-refractivity contribution in [2.45, 2.75) is 50.3 Å². The molecule has 22 heavy (non-hydrogen) atoms. The molecule has 4 nitrogen and oxygen atoms in total. The highest BCUT2D eigenvalue weighted by atomic mass is 32.2. The molecule has 1 saturated heterocycles. The Labute approximate surface area is 135 Å². The third-order valence-electron chi connectivity index (χ3n) is 4.16. The molecule has 1 aliphatic heterocycles. The van der Waals surface area contributed by atoms with E-state index in [2.05, 4.69) is 16.5 Å². The molecule has 0 radical (unpaired) electrons. The molecule has 0 unspecified atom stereocenters. The number of piperidine rings is 1. The molecule has 0 aliphatic carbocycles. The molecular weight excluding hydrogens is 296 g/mol. The molecule has 0 atom stereocenters. The van der Waals surface area contributed by atoms with E-state index in [0.717, 1.165) is 38.9 Å². The number of hydrogen-bond acceptors (Lipinski definition) is 3. The number of nitrogens with one attached hydrogen (secondary N) is 1. The van der Waals surface area contributed by atoms with Gasteiger partial charge in [-0.25, -0.2) is 13.1 Å². The van der Waals surface area contributed by atoms with Crippen LogP contribution < -0.4 is 4.72 Å².